The number of carbonyl (C=O) groups is 1. The summed E-state index contributed by atoms with van der Waals surface area (Å²) in [4.78, 5) is 13.1. The quantitative estimate of drug-likeness (QED) is 0.785. The SMILES string of the molecule is CCOC(=O)C1(c2ccc(C)c(C)c2C)CCc2ccccc21. The summed E-state index contributed by atoms with van der Waals surface area (Å²) in [7, 11) is 0. The number of aryl methyl sites for hydroxylation is 2. The highest BCUT2D eigenvalue weighted by Gasteiger charge is 2.48. The molecule has 0 radical (unpaired) electrons. The molecule has 2 aromatic carbocycles. The molecule has 0 fully saturated rings. The third-order valence-corrected chi connectivity index (χ3v) is 5.39. The van der Waals surface area contributed by atoms with Crippen LogP contribution in [0, 0.1) is 20.8 Å². The van der Waals surface area contributed by atoms with E-state index in [1.807, 2.05) is 19.1 Å². The van der Waals surface area contributed by atoms with Crippen LogP contribution in [0.4, 0.5) is 0 Å². The van der Waals surface area contributed by atoms with Gasteiger partial charge in [0.1, 0.15) is 5.41 Å². The van der Waals surface area contributed by atoms with E-state index < -0.39 is 5.41 Å². The third kappa shape index (κ3) is 2.28. The maximum Gasteiger partial charge on any atom is 0.321 e. The predicted molar refractivity (Wildman–Crippen MR) is 92.8 cm³/mol. The summed E-state index contributed by atoms with van der Waals surface area (Å²) in [5, 5.41) is 0. The van der Waals surface area contributed by atoms with Crippen LogP contribution in [0.5, 0.6) is 0 Å². The Hall–Kier alpha value is -2.09. The molecule has 0 aliphatic heterocycles. The zero-order valence-corrected chi connectivity index (χ0v) is 14.4. The first-order valence-corrected chi connectivity index (χ1v) is 8.35. The summed E-state index contributed by atoms with van der Waals surface area (Å²) in [6, 6.07) is 12.5. The van der Waals surface area contributed by atoms with Gasteiger partial charge in [-0.3, -0.25) is 4.79 Å². The van der Waals surface area contributed by atoms with E-state index in [2.05, 4.69) is 45.0 Å². The first-order chi connectivity index (χ1) is 11.0. The third-order valence-electron chi connectivity index (χ3n) is 5.39. The number of hydrogen-bond donors (Lipinski definition) is 0. The Morgan fingerprint density at radius 1 is 1.04 bits per heavy atom. The standard InChI is InChI=1S/C21H24O2/c1-5-23-20(22)21(13-12-17-8-6-7-9-19(17)21)18-11-10-14(2)15(3)16(18)4/h6-11H,5,12-13H2,1-4H3. The number of rotatable bonds is 3. The van der Waals surface area contributed by atoms with E-state index in [1.165, 1.54) is 22.3 Å². The fourth-order valence-corrected chi connectivity index (χ4v) is 3.89. The molecule has 1 unspecified atom stereocenters. The molecular formula is C21H24O2. The van der Waals surface area contributed by atoms with Gasteiger partial charge in [0.25, 0.3) is 0 Å². The average molecular weight is 308 g/mol. The number of benzene rings is 2. The van der Waals surface area contributed by atoms with Gasteiger partial charge < -0.3 is 4.74 Å². The van der Waals surface area contributed by atoms with Crippen LogP contribution in [0.2, 0.25) is 0 Å². The Labute approximate surface area is 138 Å². The molecule has 2 heteroatoms. The fourth-order valence-electron chi connectivity index (χ4n) is 3.89. The van der Waals surface area contributed by atoms with Crippen molar-refractivity contribution < 1.29 is 9.53 Å². The molecule has 1 aliphatic rings. The molecule has 0 saturated carbocycles. The van der Waals surface area contributed by atoms with Gasteiger partial charge >= 0.3 is 5.97 Å². The molecule has 0 saturated heterocycles. The molecule has 2 aromatic rings. The Bertz CT molecular complexity index is 760. The highest BCUT2D eigenvalue weighted by atomic mass is 16.5. The van der Waals surface area contributed by atoms with E-state index >= 15 is 0 Å². The van der Waals surface area contributed by atoms with Crippen LogP contribution in [-0.4, -0.2) is 12.6 Å². The second-order valence-electron chi connectivity index (χ2n) is 6.46. The minimum atomic E-state index is -0.658. The lowest BCUT2D eigenvalue weighted by Crippen LogP contribution is -2.37. The molecule has 1 aliphatic carbocycles. The number of ether oxygens (including phenoxy) is 1. The lowest BCUT2D eigenvalue weighted by Gasteiger charge is -2.31. The molecular weight excluding hydrogens is 284 g/mol. The van der Waals surface area contributed by atoms with Crippen LogP contribution >= 0.6 is 0 Å². The van der Waals surface area contributed by atoms with Crippen molar-refractivity contribution >= 4 is 5.97 Å². The van der Waals surface area contributed by atoms with E-state index in [-0.39, 0.29) is 5.97 Å². The van der Waals surface area contributed by atoms with E-state index in [1.54, 1.807) is 0 Å². The summed E-state index contributed by atoms with van der Waals surface area (Å²) in [5.41, 5.74) is 6.55. The predicted octanol–water partition coefficient (Wildman–Crippen LogP) is 4.41. The van der Waals surface area contributed by atoms with Crippen molar-refractivity contribution in [2.45, 2.75) is 46.0 Å². The summed E-state index contributed by atoms with van der Waals surface area (Å²) < 4.78 is 5.53. The van der Waals surface area contributed by atoms with Crippen LogP contribution in [-0.2, 0) is 21.4 Å². The van der Waals surface area contributed by atoms with Crippen molar-refractivity contribution in [3.8, 4) is 0 Å². The number of fused-ring (bicyclic) bond motifs is 1. The van der Waals surface area contributed by atoms with Crippen molar-refractivity contribution in [3.05, 3.63) is 69.8 Å². The topological polar surface area (TPSA) is 26.3 Å². The monoisotopic (exact) mass is 308 g/mol. The smallest absolute Gasteiger partial charge is 0.321 e. The Kier molecular flexibility index (Phi) is 4.01. The Balaban J connectivity index is 2.28. The Morgan fingerprint density at radius 2 is 1.78 bits per heavy atom. The summed E-state index contributed by atoms with van der Waals surface area (Å²) >= 11 is 0. The van der Waals surface area contributed by atoms with Gasteiger partial charge in [0.2, 0.25) is 0 Å². The average Bonchev–Trinajstić information content (AvgIpc) is 2.94. The lowest BCUT2D eigenvalue weighted by atomic mass is 9.72. The van der Waals surface area contributed by atoms with Crippen molar-refractivity contribution in [3.63, 3.8) is 0 Å². The summed E-state index contributed by atoms with van der Waals surface area (Å²) in [5.74, 6) is -0.115. The largest absolute Gasteiger partial charge is 0.465 e. The maximum atomic E-state index is 13.1. The molecule has 0 amide bonds. The molecule has 2 nitrogen and oxygen atoms in total. The number of esters is 1. The van der Waals surface area contributed by atoms with Gasteiger partial charge in [0.15, 0.2) is 0 Å². The van der Waals surface area contributed by atoms with Crippen molar-refractivity contribution in [2.75, 3.05) is 6.61 Å². The zero-order chi connectivity index (χ0) is 16.6. The van der Waals surface area contributed by atoms with Crippen molar-refractivity contribution in [1.29, 1.82) is 0 Å². The van der Waals surface area contributed by atoms with Crippen LogP contribution in [0.15, 0.2) is 36.4 Å². The second kappa shape index (κ2) is 5.84. The number of carbonyl (C=O) groups excluding carboxylic acids is 1. The van der Waals surface area contributed by atoms with Gasteiger partial charge in [-0.2, -0.15) is 0 Å². The molecule has 0 spiro atoms. The van der Waals surface area contributed by atoms with Gasteiger partial charge in [-0.25, -0.2) is 0 Å². The van der Waals surface area contributed by atoms with E-state index in [0.29, 0.717) is 6.61 Å². The van der Waals surface area contributed by atoms with E-state index in [0.717, 1.165) is 24.0 Å². The van der Waals surface area contributed by atoms with Crippen molar-refractivity contribution in [2.24, 2.45) is 0 Å². The van der Waals surface area contributed by atoms with Crippen molar-refractivity contribution in [1.82, 2.24) is 0 Å². The molecule has 0 aromatic heterocycles. The van der Waals surface area contributed by atoms with E-state index in [9.17, 15) is 4.79 Å². The molecule has 23 heavy (non-hydrogen) atoms. The first kappa shape index (κ1) is 15.8. The minimum Gasteiger partial charge on any atom is -0.465 e. The van der Waals surface area contributed by atoms with E-state index in [4.69, 9.17) is 4.74 Å². The van der Waals surface area contributed by atoms with Crippen LogP contribution in [0.25, 0.3) is 0 Å². The van der Waals surface area contributed by atoms with Gasteiger partial charge in [0.05, 0.1) is 6.61 Å². The summed E-state index contributed by atoms with van der Waals surface area (Å²) in [6.07, 6.45) is 1.70. The van der Waals surface area contributed by atoms with Gasteiger partial charge in [-0.1, -0.05) is 36.4 Å². The molecule has 0 heterocycles. The Morgan fingerprint density at radius 3 is 2.52 bits per heavy atom. The zero-order valence-electron chi connectivity index (χ0n) is 14.4. The van der Waals surface area contributed by atoms with Crippen LogP contribution in [0.3, 0.4) is 0 Å². The van der Waals surface area contributed by atoms with Gasteiger partial charge in [-0.05, 0) is 73.9 Å². The molecule has 0 bridgehead atoms. The fraction of sp³-hybridized carbons (Fsp3) is 0.381. The minimum absolute atomic E-state index is 0.115. The number of hydrogen-bond acceptors (Lipinski definition) is 2. The first-order valence-electron chi connectivity index (χ1n) is 8.35. The van der Waals surface area contributed by atoms with Gasteiger partial charge in [0, 0.05) is 0 Å². The van der Waals surface area contributed by atoms with Crippen LogP contribution in [0.1, 0.15) is 46.7 Å². The lowest BCUT2D eigenvalue weighted by molar-refractivity contribution is -0.148. The molecule has 120 valence electrons. The maximum absolute atomic E-state index is 13.1. The molecule has 1 atom stereocenters. The highest BCUT2D eigenvalue weighted by Crippen LogP contribution is 2.46. The van der Waals surface area contributed by atoms with Gasteiger partial charge in [-0.15, -0.1) is 0 Å². The second-order valence-corrected chi connectivity index (χ2v) is 6.46. The van der Waals surface area contributed by atoms with Crippen LogP contribution < -0.4 is 0 Å². The molecule has 0 N–H and O–H groups in total. The molecule has 3 rings (SSSR count). The summed E-state index contributed by atoms with van der Waals surface area (Å²) in [6.45, 7) is 8.66. The normalized spacial score (nSPS) is 19.5. The highest BCUT2D eigenvalue weighted by molar-refractivity contribution is 5.90.